The Morgan fingerprint density at radius 3 is 2.64 bits per heavy atom. The number of fused-ring (bicyclic) bond motifs is 1. The van der Waals surface area contributed by atoms with Crippen molar-refractivity contribution in [3.8, 4) is 11.3 Å². The second-order valence-corrected chi connectivity index (χ2v) is 9.82. The summed E-state index contributed by atoms with van der Waals surface area (Å²) in [6.07, 6.45) is 0.798. The van der Waals surface area contributed by atoms with Crippen LogP contribution in [-0.2, 0) is 11.3 Å². The highest BCUT2D eigenvalue weighted by molar-refractivity contribution is 5.86. The predicted octanol–water partition coefficient (Wildman–Crippen LogP) is 3.69. The maximum absolute atomic E-state index is 15.5. The van der Waals surface area contributed by atoms with Crippen molar-refractivity contribution in [3.63, 3.8) is 0 Å². The molecule has 0 amide bonds. The van der Waals surface area contributed by atoms with E-state index >= 15 is 4.39 Å². The summed E-state index contributed by atoms with van der Waals surface area (Å²) in [6, 6.07) is 2.49. The highest BCUT2D eigenvalue weighted by Gasteiger charge is 2.25. The molecule has 3 aromatic rings. The number of rotatable bonds is 7. The van der Waals surface area contributed by atoms with Gasteiger partial charge in [-0.1, -0.05) is 13.8 Å². The minimum absolute atomic E-state index is 0.0311. The van der Waals surface area contributed by atoms with Crippen molar-refractivity contribution in [1.29, 1.82) is 0 Å². The van der Waals surface area contributed by atoms with Crippen LogP contribution in [0, 0.1) is 18.6 Å². The van der Waals surface area contributed by atoms with Gasteiger partial charge in [-0.05, 0) is 39.3 Å². The summed E-state index contributed by atoms with van der Waals surface area (Å²) in [6.45, 7) is 10.7. The molecule has 0 aliphatic carbocycles. The average Bonchev–Trinajstić information content (AvgIpc) is 2.82. The summed E-state index contributed by atoms with van der Waals surface area (Å²) in [5.41, 5.74) is 1.32. The van der Waals surface area contributed by atoms with Gasteiger partial charge in [-0.15, -0.1) is 0 Å². The first-order valence-electron chi connectivity index (χ1n) is 12.2. The summed E-state index contributed by atoms with van der Waals surface area (Å²) in [5.74, 6) is -1.34. The Hall–Kier alpha value is -2.95. The first-order valence-corrected chi connectivity index (χ1v) is 12.2. The number of anilines is 1. The lowest BCUT2D eigenvalue weighted by molar-refractivity contribution is -0.0136. The summed E-state index contributed by atoms with van der Waals surface area (Å²) in [4.78, 5) is 21.5. The van der Waals surface area contributed by atoms with Gasteiger partial charge in [0.15, 0.2) is 11.2 Å². The monoisotopic (exact) mass is 501 g/mol. The van der Waals surface area contributed by atoms with Gasteiger partial charge in [0.05, 0.1) is 35.9 Å². The number of hydrogen-bond acceptors (Lipinski definition) is 7. The van der Waals surface area contributed by atoms with Crippen LogP contribution in [0.5, 0.6) is 0 Å². The third kappa shape index (κ3) is 5.11. The first-order chi connectivity index (χ1) is 17.1. The fourth-order valence-electron chi connectivity index (χ4n) is 4.59. The van der Waals surface area contributed by atoms with E-state index in [-0.39, 0.29) is 52.8 Å². The van der Waals surface area contributed by atoms with E-state index in [0.717, 1.165) is 18.0 Å². The van der Waals surface area contributed by atoms with E-state index in [1.807, 2.05) is 32.3 Å². The van der Waals surface area contributed by atoms with Gasteiger partial charge >= 0.3 is 0 Å². The molecule has 1 aliphatic heterocycles. The lowest BCUT2D eigenvalue weighted by atomic mass is 10.0. The van der Waals surface area contributed by atoms with Gasteiger partial charge < -0.3 is 25.0 Å². The number of halogens is 2. The molecule has 0 radical (unpaired) electrons. The molecular weight excluding hydrogens is 468 g/mol. The fraction of sp³-hybridized carbons (Fsp3) is 0.500. The SMILES string of the molecule is Cc1c(CNC(C)C)n(C(C)C)c2cc(-c3nc(N[C@@H]4CCOC[C@H]4O)ncc3F)cc(F)c2c1=O. The van der Waals surface area contributed by atoms with Crippen LogP contribution in [0.2, 0.25) is 0 Å². The molecule has 0 unspecified atom stereocenters. The molecule has 1 aromatic carbocycles. The van der Waals surface area contributed by atoms with E-state index in [0.29, 0.717) is 30.7 Å². The Morgan fingerprint density at radius 2 is 1.97 bits per heavy atom. The van der Waals surface area contributed by atoms with Crippen molar-refractivity contribution in [2.45, 2.75) is 71.8 Å². The van der Waals surface area contributed by atoms with E-state index in [2.05, 4.69) is 20.6 Å². The maximum Gasteiger partial charge on any atom is 0.223 e. The number of ether oxygens (including phenoxy) is 1. The number of aliphatic hydroxyl groups excluding tert-OH is 1. The first kappa shape index (κ1) is 26.1. The van der Waals surface area contributed by atoms with Gasteiger partial charge in [0.2, 0.25) is 5.95 Å². The highest BCUT2D eigenvalue weighted by atomic mass is 19.1. The molecule has 10 heteroatoms. The van der Waals surface area contributed by atoms with Gasteiger partial charge in [-0.2, -0.15) is 0 Å². The Labute approximate surface area is 208 Å². The topological polar surface area (TPSA) is 101 Å². The molecule has 0 saturated carbocycles. The fourth-order valence-corrected chi connectivity index (χ4v) is 4.59. The molecule has 194 valence electrons. The molecule has 0 spiro atoms. The van der Waals surface area contributed by atoms with Crippen molar-refractivity contribution in [3.05, 3.63) is 51.4 Å². The summed E-state index contributed by atoms with van der Waals surface area (Å²) in [5, 5.41) is 16.5. The van der Waals surface area contributed by atoms with Crippen LogP contribution in [0.1, 0.15) is 51.4 Å². The van der Waals surface area contributed by atoms with E-state index < -0.39 is 17.7 Å². The molecule has 0 bridgehead atoms. The summed E-state index contributed by atoms with van der Waals surface area (Å²) >= 11 is 0. The van der Waals surface area contributed by atoms with Crippen molar-refractivity contribution in [2.75, 3.05) is 18.5 Å². The summed E-state index contributed by atoms with van der Waals surface area (Å²) < 4.78 is 37.5. The predicted molar refractivity (Wildman–Crippen MR) is 135 cm³/mol. The van der Waals surface area contributed by atoms with Gasteiger partial charge in [0.1, 0.15) is 11.5 Å². The molecule has 3 heterocycles. The number of nitrogens with zero attached hydrogens (tertiary/aromatic N) is 3. The maximum atomic E-state index is 15.5. The largest absolute Gasteiger partial charge is 0.389 e. The number of aromatic nitrogens is 3. The second-order valence-electron chi connectivity index (χ2n) is 9.82. The van der Waals surface area contributed by atoms with Crippen LogP contribution >= 0.6 is 0 Å². The average molecular weight is 502 g/mol. The van der Waals surface area contributed by atoms with Crippen LogP contribution in [0.25, 0.3) is 22.2 Å². The molecule has 4 rings (SSSR count). The minimum atomic E-state index is -0.754. The molecule has 8 nitrogen and oxygen atoms in total. The van der Waals surface area contributed by atoms with Crippen LogP contribution in [0.4, 0.5) is 14.7 Å². The molecule has 36 heavy (non-hydrogen) atoms. The minimum Gasteiger partial charge on any atom is -0.389 e. The standard InChI is InChI=1S/C26H33F2N5O3/c1-13(2)29-11-21-15(5)25(35)23-17(27)8-16(9-20(23)33(21)14(3)4)24-18(28)10-30-26(32-24)31-19-6-7-36-12-22(19)34/h8-10,13-14,19,22,29,34H,6-7,11-12H2,1-5H3,(H,30,31,32)/t19-,22-/m1/s1. The van der Waals surface area contributed by atoms with Crippen LogP contribution < -0.4 is 16.1 Å². The lowest BCUT2D eigenvalue weighted by Gasteiger charge is -2.28. The zero-order valence-corrected chi connectivity index (χ0v) is 21.2. The molecular formula is C26H33F2N5O3. The number of aliphatic hydroxyl groups is 1. The summed E-state index contributed by atoms with van der Waals surface area (Å²) in [7, 11) is 0. The number of benzene rings is 1. The number of hydrogen-bond donors (Lipinski definition) is 3. The Kier molecular flexibility index (Phi) is 7.67. The van der Waals surface area contributed by atoms with Crippen LogP contribution in [-0.4, -0.2) is 51.0 Å². The molecule has 1 saturated heterocycles. The van der Waals surface area contributed by atoms with Gasteiger partial charge in [-0.3, -0.25) is 4.79 Å². The van der Waals surface area contributed by atoms with Crippen molar-refractivity contribution in [1.82, 2.24) is 19.9 Å². The van der Waals surface area contributed by atoms with Crippen molar-refractivity contribution >= 4 is 16.9 Å². The van der Waals surface area contributed by atoms with Gasteiger partial charge in [-0.25, -0.2) is 18.7 Å². The van der Waals surface area contributed by atoms with E-state index in [9.17, 15) is 14.3 Å². The lowest BCUT2D eigenvalue weighted by Crippen LogP contribution is -2.42. The zero-order valence-electron chi connectivity index (χ0n) is 21.2. The number of nitrogens with one attached hydrogen (secondary N) is 2. The van der Waals surface area contributed by atoms with Crippen LogP contribution in [0.15, 0.2) is 23.1 Å². The zero-order chi connectivity index (χ0) is 26.1. The second kappa shape index (κ2) is 10.6. The van der Waals surface area contributed by atoms with E-state index in [4.69, 9.17) is 4.74 Å². The smallest absolute Gasteiger partial charge is 0.223 e. The highest BCUT2D eigenvalue weighted by Crippen LogP contribution is 2.30. The quantitative estimate of drug-likeness (QED) is 0.454. The molecule has 3 N–H and O–H groups in total. The third-order valence-electron chi connectivity index (χ3n) is 6.47. The Balaban J connectivity index is 1.86. The third-order valence-corrected chi connectivity index (χ3v) is 6.47. The molecule has 1 aliphatic rings. The number of pyridine rings is 1. The van der Waals surface area contributed by atoms with Gasteiger partial charge in [0, 0.05) is 42.1 Å². The van der Waals surface area contributed by atoms with E-state index in [1.165, 1.54) is 0 Å². The molecule has 2 atom stereocenters. The normalized spacial score (nSPS) is 18.4. The Morgan fingerprint density at radius 1 is 1.22 bits per heavy atom. The molecule has 1 fully saturated rings. The van der Waals surface area contributed by atoms with Crippen molar-refractivity contribution in [2.24, 2.45) is 0 Å². The molecule has 2 aromatic heterocycles. The van der Waals surface area contributed by atoms with Gasteiger partial charge in [0.25, 0.3) is 0 Å². The van der Waals surface area contributed by atoms with Crippen molar-refractivity contribution < 1.29 is 18.6 Å². The Bertz CT molecular complexity index is 1330. The van der Waals surface area contributed by atoms with Crippen LogP contribution in [0.3, 0.4) is 0 Å². The van der Waals surface area contributed by atoms with E-state index in [1.54, 1.807) is 13.0 Å².